The monoisotopic (exact) mass is 302 g/mol. The van der Waals surface area contributed by atoms with Crippen molar-refractivity contribution >= 4 is 36.2 Å². The van der Waals surface area contributed by atoms with E-state index in [2.05, 4.69) is 23.3 Å². The Balaban J connectivity index is 1.59. The molecule has 108 valence electrons. The van der Waals surface area contributed by atoms with E-state index in [0.29, 0.717) is 42.3 Å². The number of hydrogen-bond donors (Lipinski definition) is 3. The number of thiol groups is 1. The van der Waals surface area contributed by atoms with Crippen LogP contribution in [0.1, 0.15) is 32.1 Å². The largest absolute Gasteiger partial charge is 0.355 e. The van der Waals surface area contributed by atoms with Crippen molar-refractivity contribution < 1.29 is 9.59 Å². The summed E-state index contributed by atoms with van der Waals surface area (Å²) in [6, 6.07) is 0.404. The van der Waals surface area contributed by atoms with Gasteiger partial charge in [-0.3, -0.25) is 9.59 Å². The number of unbranched alkanes of at least 4 members (excludes halogenated alkanes) is 1. The molecule has 0 aromatic carbocycles. The summed E-state index contributed by atoms with van der Waals surface area (Å²) < 4.78 is 0. The van der Waals surface area contributed by atoms with Gasteiger partial charge in [0.05, 0.1) is 0 Å². The summed E-state index contributed by atoms with van der Waals surface area (Å²) in [4.78, 5) is 22.8. The van der Waals surface area contributed by atoms with Gasteiger partial charge < -0.3 is 10.6 Å². The summed E-state index contributed by atoms with van der Waals surface area (Å²) >= 11 is 6.04. The highest BCUT2D eigenvalue weighted by molar-refractivity contribution is 8.00. The molecule has 0 aliphatic carbocycles. The van der Waals surface area contributed by atoms with Crippen molar-refractivity contribution in [3.05, 3.63) is 0 Å². The van der Waals surface area contributed by atoms with Crippen molar-refractivity contribution in [1.82, 2.24) is 10.6 Å². The van der Waals surface area contributed by atoms with Gasteiger partial charge in [-0.2, -0.15) is 24.4 Å². The Morgan fingerprint density at radius 1 is 1.47 bits per heavy atom. The summed E-state index contributed by atoms with van der Waals surface area (Å²) in [7, 11) is 0. The summed E-state index contributed by atoms with van der Waals surface area (Å²) in [5.41, 5.74) is 0. The van der Waals surface area contributed by atoms with Crippen molar-refractivity contribution in [3.8, 4) is 0 Å². The Bertz CT molecular complexity index is 339. The molecule has 2 N–H and O–H groups in total. The quantitative estimate of drug-likeness (QED) is 0.489. The van der Waals surface area contributed by atoms with Crippen molar-refractivity contribution in [1.29, 1.82) is 0 Å². The van der Waals surface area contributed by atoms with Gasteiger partial charge in [0.1, 0.15) is 0 Å². The molecule has 19 heavy (non-hydrogen) atoms. The van der Waals surface area contributed by atoms with Crippen LogP contribution in [0.3, 0.4) is 0 Å². The molecule has 0 aromatic heterocycles. The zero-order chi connectivity index (χ0) is 13.7. The molecule has 0 aromatic rings. The van der Waals surface area contributed by atoms with Crippen LogP contribution in [0.25, 0.3) is 0 Å². The lowest BCUT2D eigenvalue weighted by Gasteiger charge is -2.15. The summed E-state index contributed by atoms with van der Waals surface area (Å²) in [5.74, 6) is 2.61. The fraction of sp³-hybridized carbons (Fsp3) is 0.846. The van der Waals surface area contributed by atoms with Gasteiger partial charge in [-0.25, -0.2) is 0 Å². The van der Waals surface area contributed by atoms with Gasteiger partial charge in [-0.1, -0.05) is 6.42 Å². The third kappa shape index (κ3) is 4.31. The number of amides is 2. The van der Waals surface area contributed by atoms with Crippen molar-refractivity contribution in [2.75, 3.05) is 18.1 Å². The minimum absolute atomic E-state index is 0.128. The first-order valence-electron chi connectivity index (χ1n) is 6.99. The number of rotatable bonds is 7. The molecule has 4 nitrogen and oxygen atoms in total. The van der Waals surface area contributed by atoms with Crippen LogP contribution < -0.4 is 10.6 Å². The molecule has 0 saturated carbocycles. The highest BCUT2D eigenvalue weighted by Crippen LogP contribution is 2.40. The molecule has 2 aliphatic rings. The Labute approximate surface area is 124 Å². The summed E-state index contributed by atoms with van der Waals surface area (Å²) in [6.07, 6.45) is 4.44. The number of nitrogens with one attached hydrogen (secondary N) is 2. The standard InChI is InChI=1S/C13H22N2O2S2/c16-12(14-5-6-18)4-2-1-3-11-9-7-13(17)15-10(9)8-19-11/h9-11,18H,1-8H2,(H,14,16)(H,15,17)/t9-,10-,11-/m0/s1. The Morgan fingerprint density at radius 2 is 2.32 bits per heavy atom. The van der Waals surface area contributed by atoms with Gasteiger partial charge in [0.25, 0.3) is 0 Å². The fourth-order valence-corrected chi connectivity index (χ4v) is 4.61. The van der Waals surface area contributed by atoms with Crippen molar-refractivity contribution in [3.63, 3.8) is 0 Å². The van der Waals surface area contributed by atoms with Gasteiger partial charge in [0.15, 0.2) is 0 Å². The zero-order valence-electron chi connectivity index (χ0n) is 11.1. The predicted octanol–water partition coefficient (Wildman–Crippen LogP) is 1.21. The molecule has 3 atom stereocenters. The smallest absolute Gasteiger partial charge is 0.220 e. The van der Waals surface area contributed by atoms with Crippen LogP contribution >= 0.6 is 24.4 Å². The molecule has 0 unspecified atom stereocenters. The van der Waals surface area contributed by atoms with E-state index in [0.717, 1.165) is 25.0 Å². The molecule has 2 fully saturated rings. The van der Waals surface area contributed by atoms with E-state index in [9.17, 15) is 9.59 Å². The maximum absolute atomic E-state index is 11.4. The molecular formula is C13H22N2O2S2. The lowest BCUT2D eigenvalue weighted by molar-refractivity contribution is -0.121. The van der Waals surface area contributed by atoms with E-state index in [-0.39, 0.29) is 11.8 Å². The third-order valence-electron chi connectivity index (χ3n) is 3.83. The summed E-state index contributed by atoms with van der Waals surface area (Å²) in [6.45, 7) is 0.651. The second kappa shape index (κ2) is 7.43. The first kappa shape index (κ1) is 15.0. The van der Waals surface area contributed by atoms with Crippen LogP contribution in [0.4, 0.5) is 0 Å². The van der Waals surface area contributed by atoms with Crippen LogP contribution in [-0.2, 0) is 9.59 Å². The Morgan fingerprint density at radius 3 is 3.11 bits per heavy atom. The molecule has 0 spiro atoms. The van der Waals surface area contributed by atoms with Crippen LogP contribution in [0, 0.1) is 5.92 Å². The second-order valence-corrected chi connectivity index (χ2v) is 6.95. The van der Waals surface area contributed by atoms with Gasteiger partial charge in [0.2, 0.25) is 11.8 Å². The molecular weight excluding hydrogens is 280 g/mol. The minimum atomic E-state index is 0.128. The van der Waals surface area contributed by atoms with E-state index in [4.69, 9.17) is 0 Å². The molecule has 2 heterocycles. The van der Waals surface area contributed by atoms with Crippen molar-refractivity contribution in [2.45, 2.75) is 43.4 Å². The molecule has 6 heteroatoms. The van der Waals surface area contributed by atoms with Crippen LogP contribution in [0.15, 0.2) is 0 Å². The number of carbonyl (C=O) groups is 2. The van der Waals surface area contributed by atoms with E-state index in [1.54, 1.807) is 0 Å². The van der Waals surface area contributed by atoms with Crippen LogP contribution in [0.5, 0.6) is 0 Å². The molecule has 2 saturated heterocycles. The number of fused-ring (bicyclic) bond motifs is 1. The Kier molecular flexibility index (Phi) is 5.88. The fourth-order valence-electron chi connectivity index (χ4n) is 2.85. The zero-order valence-corrected chi connectivity index (χ0v) is 12.8. The first-order valence-corrected chi connectivity index (χ1v) is 8.67. The predicted molar refractivity (Wildman–Crippen MR) is 81.6 cm³/mol. The van der Waals surface area contributed by atoms with E-state index < -0.39 is 0 Å². The highest BCUT2D eigenvalue weighted by Gasteiger charge is 2.42. The van der Waals surface area contributed by atoms with Gasteiger partial charge in [0, 0.05) is 48.1 Å². The van der Waals surface area contributed by atoms with E-state index in [1.807, 2.05) is 11.8 Å². The average molecular weight is 302 g/mol. The number of hydrogen-bond acceptors (Lipinski definition) is 4. The molecule has 2 rings (SSSR count). The van der Waals surface area contributed by atoms with E-state index >= 15 is 0 Å². The lowest BCUT2D eigenvalue weighted by atomic mass is 9.94. The topological polar surface area (TPSA) is 58.2 Å². The second-order valence-electron chi connectivity index (χ2n) is 5.23. The maximum atomic E-state index is 11.4. The Hall–Kier alpha value is -0.360. The number of carbonyl (C=O) groups excluding carboxylic acids is 2. The third-order valence-corrected chi connectivity index (χ3v) is 5.62. The summed E-state index contributed by atoms with van der Waals surface area (Å²) in [5, 5.41) is 6.48. The molecule has 2 amide bonds. The van der Waals surface area contributed by atoms with E-state index in [1.165, 1.54) is 0 Å². The normalized spacial score (nSPS) is 29.1. The van der Waals surface area contributed by atoms with Gasteiger partial charge >= 0.3 is 0 Å². The molecule has 0 bridgehead atoms. The highest BCUT2D eigenvalue weighted by atomic mass is 32.2. The lowest BCUT2D eigenvalue weighted by Crippen LogP contribution is -2.29. The molecule has 2 aliphatic heterocycles. The van der Waals surface area contributed by atoms with Gasteiger partial charge in [-0.15, -0.1) is 0 Å². The maximum Gasteiger partial charge on any atom is 0.220 e. The van der Waals surface area contributed by atoms with Crippen molar-refractivity contribution in [2.24, 2.45) is 5.92 Å². The average Bonchev–Trinajstić information content (AvgIpc) is 2.92. The van der Waals surface area contributed by atoms with Crippen LogP contribution in [0.2, 0.25) is 0 Å². The molecule has 0 radical (unpaired) electrons. The SMILES string of the molecule is O=C(CCCC[C@@H]1SC[C@@H]2NC(=O)C[C@@H]21)NCCS. The number of thioether (sulfide) groups is 1. The van der Waals surface area contributed by atoms with Crippen LogP contribution in [-0.4, -0.2) is 41.2 Å². The first-order chi connectivity index (χ1) is 9.20. The minimum Gasteiger partial charge on any atom is -0.355 e. The van der Waals surface area contributed by atoms with Gasteiger partial charge in [-0.05, 0) is 12.8 Å².